The quantitative estimate of drug-likeness (QED) is 0.0815. The molecule has 0 saturated carbocycles. The van der Waals surface area contributed by atoms with E-state index in [9.17, 15) is 9.90 Å². The molecule has 0 amide bonds. The molecule has 0 aromatic heterocycles. The number of carbonyl (C=O) groups excluding carboxylic acids is 1. The number of unbranched alkanes of at least 4 members (excludes halogenated alkanes) is 26. The Morgan fingerprint density at radius 1 is 0.500 bits per heavy atom. The predicted octanol–water partition coefficient (Wildman–Crippen LogP) is 9.46. The molecule has 40 heavy (non-hydrogen) atoms. The zero-order valence-corrected chi connectivity index (χ0v) is 27.8. The summed E-state index contributed by atoms with van der Waals surface area (Å²) in [7, 11) is 0. The minimum atomic E-state index is -1.44. The van der Waals surface area contributed by atoms with Crippen molar-refractivity contribution in [3.05, 3.63) is 0 Å². The highest BCUT2D eigenvalue weighted by molar-refractivity contribution is 5.68. The summed E-state index contributed by atoms with van der Waals surface area (Å²) >= 11 is 0. The van der Waals surface area contributed by atoms with Crippen molar-refractivity contribution in [2.45, 2.75) is 226 Å². The Bertz CT molecular complexity index is 437. The van der Waals surface area contributed by atoms with Gasteiger partial charge in [-0.3, -0.25) is 0 Å². The van der Waals surface area contributed by atoms with Gasteiger partial charge in [-0.1, -0.05) is 181 Å². The van der Waals surface area contributed by atoms with Gasteiger partial charge in [0.1, 0.15) is 0 Å². The smallest absolute Gasteiger partial charge is 0.0905 e. The molecule has 4 heteroatoms. The maximum absolute atomic E-state index is 9.34. The number of quaternary nitrogens is 1. The van der Waals surface area contributed by atoms with Crippen LogP contribution in [0.15, 0.2) is 0 Å². The first-order chi connectivity index (χ1) is 19.5. The molecule has 242 valence electrons. The summed E-state index contributed by atoms with van der Waals surface area (Å²) in [5, 5.41) is 17.3. The molecule has 0 spiro atoms. The van der Waals surface area contributed by atoms with Crippen molar-refractivity contribution < 1.29 is 20.7 Å². The first-order valence-corrected chi connectivity index (χ1v) is 18.2. The van der Waals surface area contributed by atoms with Gasteiger partial charge in [-0.25, -0.2) is 0 Å². The van der Waals surface area contributed by atoms with E-state index < -0.39 is 12.1 Å². The van der Waals surface area contributed by atoms with Crippen LogP contribution in [0.25, 0.3) is 0 Å². The maximum atomic E-state index is 9.34. The molecule has 0 radical (unpaired) electrons. The second-order valence-electron chi connectivity index (χ2n) is 12.6. The minimum absolute atomic E-state index is 0.717. The third-order valence-corrected chi connectivity index (χ3v) is 8.27. The van der Waals surface area contributed by atoms with Crippen LogP contribution in [0.5, 0.6) is 0 Å². The Labute approximate surface area is 252 Å². The Morgan fingerprint density at radius 3 is 0.850 bits per heavy atom. The Kier molecular flexibility index (Phi) is 37.8. The Hall–Kier alpha value is -0.610. The fraction of sp³-hybridized carbons (Fsp3) is 0.972. The van der Waals surface area contributed by atoms with Gasteiger partial charge in [-0.05, 0) is 32.6 Å². The summed E-state index contributed by atoms with van der Waals surface area (Å²) in [6.45, 7) is 5.74. The van der Waals surface area contributed by atoms with Crippen LogP contribution in [0, 0.1) is 0 Å². The van der Waals surface area contributed by atoms with Gasteiger partial charge in [-0.15, -0.1) is 0 Å². The highest BCUT2D eigenvalue weighted by Gasteiger charge is 2.05. The lowest BCUT2D eigenvalue weighted by atomic mass is 10.00. The summed E-state index contributed by atoms with van der Waals surface area (Å²) < 4.78 is 0. The van der Waals surface area contributed by atoms with Crippen LogP contribution >= 0.6 is 0 Å². The fourth-order valence-electron chi connectivity index (χ4n) is 5.40. The molecule has 0 aromatic rings. The van der Waals surface area contributed by atoms with E-state index in [0.717, 1.165) is 13.0 Å². The van der Waals surface area contributed by atoms with Gasteiger partial charge in [0, 0.05) is 0 Å². The van der Waals surface area contributed by atoms with Crippen molar-refractivity contribution in [1.29, 1.82) is 0 Å². The normalized spacial score (nSPS) is 11.9. The molecule has 1 atom stereocenters. The number of hydrogen-bond acceptors (Lipinski definition) is 3. The van der Waals surface area contributed by atoms with E-state index in [4.69, 9.17) is 5.11 Å². The van der Waals surface area contributed by atoms with Gasteiger partial charge in [0.05, 0.1) is 18.1 Å². The van der Waals surface area contributed by atoms with Crippen LogP contribution in [0.3, 0.4) is 0 Å². The first kappa shape index (κ1) is 41.5. The van der Waals surface area contributed by atoms with Crippen LogP contribution in [0.1, 0.15) is 213 Å². The van der Waals surface area contributed by atoms with Gasteiger partial charge < -0.3 is 20.7 Å². The summed E-state index contributed by atoms with van der Waals surface area (Å²) in [6, 6.07) is 0.717. The van der Waals surface area contributed by atoms with E-state index in [2.05, 4.69) is 19.6 Å². The standard InChI is InChI=1S/C33H69N.C3H6O3/c1-3-5-7-9-11-13-15-17-19-21-23-25-27-29-31-33(34)32-30-28-26-24-22-20-18-16-14-12-10-8-6-4-2;1-2(4)3(5)6/h33H,3-32,34H2,1-2H3;2,4H,1H3,(H,5,6). The van der Waals surface area contributed by atoms with Crippen molar-refractivity contribution >= 4 is 5.97 Å². The SMILES string of the molecule is CC(O)C(=O)[O-].CCCCCCCCCCCCCCCCC([NH3+])CCCCCCCCCCCCCCCC. The molecule has 0 saturated heterocycles. The lowest BCUT2D eigenvalue weighted by Crippen LogP contribution is -2.60. The van der Waals surface area contributed by atoms with E-state index >= 15 is 0 Å². The lowest BCUT2D eigenvalue weighted by molar-refractivity contribution is -0.423. The third-order valence-electron chi connectivity index (χ3n) is 8.27. The van der Waals surface area contributed by atoms with Crippen molar-refractivity contribution in [1.82, 2.24) is 0 Å². The molecule has 0 aliphatic heterocycles. The van der Waals surface area contributed by atoms with E-state index in [1.807, 2.05) is 0 Å². The molecular formula is C36H75NO3. The monoisotopic (exact) mass is 570 g/mol. The summed E-state index contributed by atoms with van der Waals surface area (Å²) in [5.74, 6) is -1.44. The molecule has 4 nitrogen and oxygen atoms in total. The second-order valence-corrected chi connectivity index (χ2v) is 12.6. The van der Waals surface area contributed by atoms with Crippen molar-refractivity contribution in [2.75, 3.05) is 0 Å². The number of carbonyl (C=O) groups is 1. The van der Waals surface area contributed by atoms with E-state index in [1.165, 1.54) is 193 Å². The van der Waals surface area contributed by atoms with E-state index in [0.29, 0.717) is 0 Å². The predicted molar refractivity (Wildman–Crippen MR) is 173 cm³/mol. The van der Waals surface area contributed by atoms with Crippen LogP contribution in [-0.4, -0.2) is 23.2 Å². The molecule has 0 aliphatic carbocycles. The number of aliphatic carboxylic acids is 1. The highest BCUT2D eigenvalue weighted by Crippen LogP contribution is 2.16. The van der Waals surface area contributed by atoms with Gasteiger partial charge in [0.15, 0.2) is 0 Å². The van der Waals surface area contributed by atoms with E-state index in [1.54, 1.807) is 0 Å². The molecule has 0 aromatic carbocycles. The number of carboxylic acid groups (broad SMARTS) is 1. The number of aliphatic hydroxyl groups is 1. The Balaban J connectivity index is 0. The van der Waals surface area contributed by atoms with Crippen LogP contribution in [-0.2, 0) is 4.79 Å². The zero-order valence-electron chi connectivity index (χ0n) is 27.8. The number of aliphatic hydroxyl groups excluding tert-OH is 1. The van der Waals surface area contributed by atoms with Gasteiger partial charge in [0.2, 0.25) is 0 Å². The molecular weight excluding hydrogens is 494 g/mol. The average molecular weight is 570 g/mol. The molecule has 0 rings (SSSR count). The van der Waals surface area contributed by atoms with Gasteiger partial charge >= 0.3 is 0 Å². The van der Waals surface area contributed by atoms with Gasteiger partial charge in [0.25, 0.3) is 0 Å². The highest BCUT2D eigenvalue weighted by atomic mass is 16.4. The number of rotatable bonds is 31. The summed E-state index contributed by atoms with van der Waals surface area (Å²) in [5.41, 5.74) is 4.44. The van der Waals surface area contributed by atoms with Crippen LogP contribution in [0.2, 0.25) is 0 Å². The van der Waals surface area contributed by atoms with E-state index in [-0.39, 0.29) is 0 Å². The van der Waals surface area contributed by atoms with Crippen molar-refractivity contribution in [2.24, 2.45) is 0 Å². The van der Waals surface area contributed by atoms with Crippen molar-refractivity contribution in [3.63, 3.8) is 0 Å². The number of hydrogen-bond donors (Lipinski definition) is 2. The molecule has 0 bridgehead atoms. The zero-order chi connectivity index (χ0) is 29.9. The van der Waals surface area contributed by atoms with Crippen LogP contribution in [0.4, 0.5) is 0 Å². The fourth-order valence-corrected chi connectivity index (χ4v) is 5.40. The summed E-state index contributed by atoms with van der Waals surface area (Å²) in [4.78, 5) is 9.34. The first-order valence-electron chi connectivity index (χ1n) is 18.2. The molecule has 1 unspecified atom stereocenters. The largest absolute Gasteiger partial charge is 0.547 e. The van der Waals surface area contributed by atoms with Crippen LogP contribution < -0.4 is 10.8 Å². The third kappa shape index (κ3) is 39.5. The average Bonchev–Trinajstić information content (AvgIpc) is 2.93. The topological polar surface area (TPSA) is 88.0 Å². The van der Waals surface area contributed by atoms with Crippen molar-refractivity contribution in [3.8, 4) is 0 Å². The molecule has 0 heterocycles. The number of carboxylic acids is 1. The maximum Gasteiger partial charge on any atom is 0.0905 e. The lowest BCUT2D eigenvalue weighted by Gasteiger charge is -2.08. The van der Waals surface area contributed by atoms with Gasteiger partial charge in [-0.2, -0.15) is 0 Å². The molecule has 0 aliphatic rings. The summed E-state index contributed by atoms with van der Waals surface area (Å²) in [6.07, 6.45) is 42.2. The Morgan fingerprint density at radius 2 is 0.675 bits per heavy atom. The molecule has 4 N–H and O–H groups in total. The second kappa shape index (κ2) is 36.4. The minimum Gasteiger partial charge on any atom is -0.547 e. The molecule has 0 fully saturated rings.